The molecule has 4 heterocycles. The molecule has 0 bridgehead atoms. The number of aromatic nitrogens is 3. The molecular weight excluding hydrogens is 340 g/mol. The summed E-state index contributed by atoms with van der Waals surface area (Å²) in [6.45, 7) is 5.88. The zero-order chi connectivity index (χ0) is 18.8. The number of likely N-dealkylation sites (tertiary alicyclic amines) is 1. The maximum atomic E-state index is 13.0. The molecule has 0 saturated carbocycles. The molecule has 3 aromatic heterocycles. The van der Waals surface area contributed by atoms with E-state index in [1.165, 1.54) is 0 Å². The maximum absolute atomic E-state index is 13.0. The van der Waals surface area contributed by atoms with Crippen molar-refractivity contribution in [1.82, 2.24) is 19.4 Å². The quantitative estimate of drug-likeness (QED) is 0.710. The van der Waals surface area contributed by atoms with Crippen molar-refractivity contribution in [3.05, 3.63) is 71.5 Å². The SMILES string of the molecule is Cc1cc(C(=O)N2CCC[C@@H](c3nccn3Cc3ccccn3)C2)c(C)o1. The molecule has 1 aliphatic rings. The normalized spacial score (nSPS) is 17.3. The molecule has 1 saturated heterocycles. The van der Waals surface area contributed by atoms with Crippen LogP contribution in [0.5, 0.6) is 0 Å². The highest BCUT2D eigenvalue weighted by atomic mass is 16.3. The molecule has 0 N–H and O–H groups in total. The second kappa shape index (κ2) is 7.39. The maximum Gasteiger partial charge on any atom is 0.257 e. The van der Waals surface area contributed by atoms with Gasteiger partial charge in [0.25, 0.3) is 5.91 Å². The highest BCUT2D eigenvalue weighted by Gasteiger charge is 2.29. The topological polar surface area (TPSA) is 64.2 Å². The van der Waals surface area contributed by atoms with E-state index >= 15 is 0 Å². The van der Waals surface area contributed by atoms with Crippen molar-refractivity contribution in [2.24, 2.45) is 0 Å². The second-order valence-electron chi connectivity index (χ2n) is 7.15. The first kappa shape index (κ1) is 17.5. The highest BCUT2D eigenvalue weighted by Crippen LogP contribution is 2.28. The molecule has 0 aromatic carbocycles. The number of hydrogen-bond acceptors (Lipinski definition) is 4. The minimum absolute atomic E-state index is 0.0527. The number of nitrogens with zero attached hydrogens (tertiary/aromatic N) is 4. The van der Waals surface area contributed by atoms with Crippen molar-refractivity contribution in [2.75, 3.05) is 13.1 Å². The van der Waals surface area contributed by atoms with Gasteiger partial charge >= 0.3 is 0 Å². The lowest BCUT2D eigenvalue weighted by atomic mass is 9.96. The third-order valence-electron chi connectivity index (χ3n) is 5.15. The van der Waals surface area contributed by atoms with Gasteiger partial charge in [0, 0.05) is 37.6 Å². The number of amides is 1. The van der Waals surface area contributed by atoms with Crippen LogP contribution in [0, 0.1) is 13.8 Å². The summed E-state index contributed by atoms with van der Waals surface area (Å²) in [5.41, 5.74) is 1.68. The van der Waals surface area contributed by atoms with E-state index in [9.17, 15) is 4.79 Å². The third-order valence-corrected chi connectivity index (χ3v) is 5.15. The van der Waals surface area contributed by atoms with Crippen molar-refractivity contribution >= 4 is 5.91 Å². The molecular formula is C21H24N4O2. The van der Waals surface area contributed by atoms with Gasteiger partial charge in [-0.15, -0.1) is 0 Å². The predicted molar refractivity (Wildman–Crippen MR) is 102 cm³/mol. The van der Waals surface area contributed by atoms with E-state index in [4.69, 9.17) is 4.42 Å². The summed E-state index contributed by atoms with van der Waals surface area (Å²) >= 11 is 0. The van der Waals surface area contributed by atoms with Crippen LogP contribution in [0.15, 0.2) is 47.3 Å². The Kier molecular flexibility index (Phi) is 4.79. The average Bonchev–Trinajstić information content (AvgIpc) is 3.28. The number of furan rings is 1. The largest absolute Gasteiger partial charge is 0.466 e. The van der Waals surface area contributed by atoms with Crippen molar-refractivity contribution < 1.29 is 9.21 Å². The van der Waals surface area contributed by atoms with E-state index in [1.807, 2.05) is 61.6 Å². The predicted octanol–water partition coefficient (Wildman–Crippen LogP) is 3.56. The van der Waals surface area contributed by atoms with Crippen molar-refractivity contribution in [1.29, 1.82) is 0 Å². The fraction of sp³-hybridized carbons (Fsp3) is 0.381. The number of pyridine rings is 1. The molecule has 1 fully saturated rings. The zero-order valence-electron chi connectivity index (χ0n) is 15.8. The van der Waals surface area contributed by atoms with Gasteiger partial charge in [0.15, 0.2) is 0 Å². The summed E-state index contributed by atoms with van der Waals surface area (Å²) in [5.74, 6) is 2.77. The molecule has 1 aliphatic heterocycles. The first-order chi connectivity index (χ1) is 13.1. The summed E-state index contributed by atoms with van der Waals surface area (Å²) in [7, 11) is 0. The Labute approximate surface area is 158 Å². The Balaban J connectivity index is 1.51. The Morgan fingerprint density at radius 3 is 2.89 bits per heavy atom. The summed E-state index contributed by atoms with van der Waals surface area (Å²) in [5, 5.41) is 0. The molecule has 0 aliphatic carbocycles. The van der Waals surface area contributed by atoms with Gasteiger partial charge in [-0.3, -0.25) is 9.78 Å². The molecule has 6 heteroatoms. The minimum Gasteiger partial charge on any atom is -0.466 e. The first-order valence-corrected chi connectivity index (χ1v) is 9.39. The first-order valence-electron chi connectivity index (χ1n) is 9.39. The smallest absolute Gasteiger partial charge is 0.257 e. The molecule has 0 spiro atoms. The minimum atomic E-state index is 0.0527. The zero-order valence-corrected chi connectivity index (χ0v) is 15.8. The van der Waals surface area contributed by atoms with Crippen molar-refractivity contribution in [3.63, 3.8) is 0 Å². The van der Waals surface area contributed by atoms with E-state index in [0.717, 1.165) is 36.7 Å². The molecule has 0 unspecified atom stereocenters. The van der Waals surface area contributed by atoms with Crippen LogP contribution in [0.2, 0.25) is 0 Å². The van der Waals surface area contributed by atoms with Gasteiger partial charge in [-0.2, -0.15) is 0 Å². The molecule has 6 nitrogen and oxygen atoms in total. The number of carbonyl (C=O) groups is 1. The molecule has 4 rings (SSSR count). The second-order valence-corrected chi connectivity index (χ2v) is 7.15. The summed E-state index contributed by atoms with van der Waals surface area (Å²) in [6.07, 6.45) is 7.65. The van der Waals surface area contributed by atoms with Crippen LogP contribution in [0.4, 0.5) is 0 Å². The number of rotatable bonds is 4. The molecule has 1 amide bonds. The van der Waals surface area contributed by atoms with Gasteiger partial charge in [-0.1, -0.05) is 6.07 Å². The van der Waals surface area contributed by atoms with Gasteiger partial charge in [0.1, 0.15) is 17.3 Å². The molecule has 140 valence electrons. The van der Waals surface area contributed by atoms with Gasteiger partial charge < -0.3 is 13.9 Å². The standard InChI is InChI=1S/C21H24N4O2/c1-15-12-19(16(2)27-15)21(26)25-10-5-6-17(13-25)20-23-9-11-24(20)14-18-7-3-4-8-22-18/h3-4,7-9,11-12,17H,5-6,10,13-14H2,1-2H3/t17-/m1/s1. The van der Waals surface area contributed by atoms with Gasteiger partial charge in [-0.25, -0.2) is 4.98 Å². The lowest BCUT2D eigenvalue weighted by Gasteiger charge is -2.32. The van der Waals surface area contributed by atoms with Crippen LogP contribution >= 0.6 is 0 Å². The van der Waals surface area contributed by atoms with Gasteiger partial charge in [-0.05, 0) is 44.9 Å². The van der Waals surface area contributed by atoms with Crippen LogP contribution in [0.1, 0.15) is 52.2 Å². The van der Waals surface area contributed by atoms with E-state index in [2.05, 4.69) is 14.5 Å². The number of aryl methyl sites for hydroxylation is 2. The molecule has 1 atom stereocenters. The van der Waals surface area contributed by atoms with Crippen LogP contribution in [0.3, 0.4) is 0 Å². The average molecular weight is 364 g/mol. The van der Waals surface area contributed by atoms with Crippen molar-refractivity contribution in [3.8, 4) is 0 Å². The molecule has 27 heavy (non-hydrogen) atoms. The lowest BCUT2D eigenvalue weighted by Crippen LogP contribution is -2.39. The summed E-state index contributed by atoms with van der Waals surface area (Å²) in [6, 6.07) is 7.77. The van der Waals surface area contributed by atoms with Crippen LogP contribution in [-0.2, 0) is 6.54 Å². The summed E-state index contributed by atoms with van der Waals surface area (Å²) < 4.78 is 7.69. The summed E-state index contributed by atoms with van der Waals surface area (Å²) in [4.78, 5) is 23.9. The lowest BCUT2D eigenvalue weighted by molar-refractivity contribution is 0.0701. The van der Waals surface area contributed by atoms with Gasteiger partial charge in [0.2, 0.25) is 0 Å². The van der Waals surface area contributed by atoms with E-state index in [0.29, 0.717) is 24.4 Å². The Hall–Kier alpha value is -2.89. The molecule has 3 aromatic rings. The fourth-order valence-electron chi connectivity index (χ4n) is 3.87. The van der Waals surface area contributed by atoms with E-state index in [-0.39, 0.29) is 11.8 Å². The highest BCUT2D eigenvalue weighted by molar-refractivity contribution is 5.95. The Bertz CT molecular complexity index is 929. The Morgan fingerprint density at radius 2 is 2.15 bits per heavy atom. The van der Waals surface area contributed by atoms with Crippen LogP contribution in [-0.4, -0.2) is 38.4 Å². The Morgan fingerprint density at radius 1 is 1.26 bits per heavy atom. The number of piperidine rings is 1. The number of imidazole rings is 1. The van der Waals surface area contributed by atoms with Crippen LogP contribution < -0.4 is 0 Å². The van der Waals surface area contributed by atoms with E-state index < -0.39 is 0 Å². The van der Waals surface area contributed by atoms with Crippen LogP contribution in [0.25, 0.3) is 0 Å². The molecule has 0 radical (unpaired) electrons. The third kappa shape index (κ3) is 3.65. The van der Waals surface area contributed by atoms with E-state index in [1.54, 1.807) is 0 Å². The monoisotopic (exact) mass is 364 g/mol. The van der Waals surface area contributed by atoms with Crippen molar-refractivity contribution in [2.45, 2.75) is 39.2 Å². The number of carbonyl (C=O) groups excluding carboxylic acids is 1. The van der Waals surface area contributed by atoms with Gasteiger partial charge in [0.05, 0.1) is 17.8 Å². The fourth-order valence-corrected chi connectivity index (χ4v) is 3.87. The number of hydrogen-bond donors (Lipinski definition) is 0.